The molecule has 0 bridgehead atoms. The lowest BCUT2D eigenvalue weighted by Crippen LogP contribution is -2.21. The summed E-state index contributed by atoms with van der Waals surface area (Å²) < 4.78 is 6.27. The molecule has 0 aliphatic heterocycles. The molecule has 0 aliphatic carbocycles. The molecule has 0 spiro atoms. The molecule has 1 aromatic carbocycles. The second-order valence-corrected chi connectivity index (χ2v) is 4.98. The van der Waals surface area contributed by atoms with Crippen molar-refractivity contribution < 1.29 is 9.53 Å². The number of ether oxygens (including phenoxy) is 1. The van der Waals surface area contributed by atoms with Gasteiger partial charge in [0, 0.05) is 10.2 Å². The molecule has 0 fully saturated rings. The molecular formula is C13H18BrNO2. The normalized spacial score (nSPS) is 10.6. The molecule has 1 amide bonds. The van der Waals surface area contributed by atoms with Crippen LogP contribution in [0.3, 0.4) is 0 Å². The molecule has 0 heterocycles. The van der Waals surface area contributed by atoms with E-state index < -0.39 is 0 Å². The van der Waals surface area contributed by atoms with Crippen molar-refractivity contribution in [3.63, 3.8) is 0 Å². The van der Waals surface area contributed by atoms with Gasteiger partial charge in [0.2, 0.25) is 5.91 Å². The van der Waals surface area contributed by atoms with E-state index in [-0.39, 0.29) is 18.6 Å². The van der Waals surface area contributed by atoms with Crippen molar-refractivity contribution in [3.05, 3.63) is 28.2 Å². The summed E-state index contributed by atoms with van der Waals surface area (Å²) in [4.78, 5) is 11.6. The number of hydrogen-bond acceptors (Lipinski definition) is 2. The molecular weight excluding hydrogens is 282 g/mol. The van der Waals surface area contributed by atoms with Crippen LogP contribution in [0.15, 0.2) is 22.7 Å². The Bertz CT molecular complexity index is 391. The van der Waals surface area contributed by atoms with E-state index >= 15 is 0 Å². The van der Waals surface area contributed by atoms with Crippen LogP contribution in [0.2, 0.25) is 0 Å². The first-order valence-electron chi connectivity index (χ1n) is 5.72. The van der Waals surface area contributed by atoms with Gasteiger partial charge in [0.15, 0.2) is 0 Å². The van der Waals surface area contributed by atoms with Crippen molar-refractivity contribution >= 4 is 27.5 Å². The fourth-order valence-electron chi connectivity index (χ4n) is 1.41. The highest BCUT2D eigenvalue weighted by molar-refractivity contribution is 9.10. The summed E-state index contributed by atoms with van der Waals surface area (Å²) in [6.07, 6.45) is 0.941. The molecule has 0 unspecified atom stereocenters. The number of aryl methyl sites for hydroxylation is 1. The van der Waals surface area contributed by atoms with Crippen LogP contribution >= 0.6 is 15.9 Å². The van der Waals surface area contributed by atoms with Crippen molar-refractivity contribution in [1.29, 1.82) is 0 Å². The van der Waals surface area contributed by atoms with E-state index in [2.05, 4.69) is 28.2 Å². The van der Waals surface area contributed by atoms with E-state index in [1.54, 1.807) is 0 Å². The molecule has 1 N–H and O–H groups in total. The van der Waals surface area contributed by atoms with E-state index in [0.29, 0.717) is 0 Å². The number of rotatable bonds is 5. The van der Waals surface area contributed by atoms with E-state index in [0.717, 1.165) is 22.1 Å². The van der Waals surface area contributed by atoms with Crippen LogP contribution in [-0.4, -0.2) is 18.6 Å². The Morgan fingerprint density at radius 3 is 2.76 bits per heavy atom. The smallest absolute Gasteiger partial charge is 0.250 e. The molecule has 1 aromatic rings. The van der Waals surface area contributed by atoms with Gasteiger partial charge >= 0.3 is 0 Å². The average molecular weight is 300 g/mol. The molecule has 1 rings (SSSR count). The number of anilines is 1. The fraction of sp³-hybridized carbons (Fsp3) is 0.462. The Morgan fingerprint density at radius 2 is 2.18 bits per heavy atom. The minimum Gasteiger partial charge on any atom is -0.369 e. The average Bonchev–Trinajstić information content (AvgIpc) is 2.28. The maximum Gasteiger partial charge on any atom is 0.250 e. The second-order valence-electron chi connectivity index (χ2n) is 4.06. The summed E-state index contributed by atoms with van der Waals surface area (Å²) in [6.45, 7) is 5.97. The lowest BCUT2D eigenvalue weighted by molar-refractivity contribution is -0.121. The summed E-state index contributed by atoms with van der Waals surface area (Å²) in [5.41, 5.74) is 1.96. The molecule has 3 nitrogen and oxygen atoms in total. The van der Waals surface area contributed by atoms with Crippen LogP contribution in [-0.2, 0) is 16.0 Å². The second kappa shape index (κ2) is 6.77. The number of amides is 1. The molecule has 0 atom stereocenters. The van der Waals surface area contributed by atoms with Crippen LogP contribution < -0.4 is 5.32 Å². The Balaban J connectivity index is 2.64. The maximum atomic E-state index is 11.6. The van der Waals surface area contributed by atoms with Gasteiger partial charge in [0.1, 0.15) is 6.61 Å². The van der Waals surface area contributed by atoms with Crippen molar-refractivity contribution in [2.75, 3.05) is 11.9 Å². The highest BCUT2D eigenvalue weighted by atomic mass is 79.9. The lowest BCUT2D eigenvalue weighted by atomic mass is 10.1. The molecule has 0 aromatic heterocycles. The van der Waals surface area contributed by atoms with Crippen molar-refractivity contribution in [1.82, 2.24) is 0 Å². The van der Waals surface area contributed by atoms with E-state index in [4.69, 9.17) is 4.74 Å². The molecule has 0 saturated carbocycles. The molecule has 94 valence electrons. The van der Waals surface area contributed by atoms with E-state index in [9.17, 15) is 4.79 Å². The molecule has 0 aliphatic rings. The van der Waals surface area contributed by atoms with Gasteiger partial charge in [-0.15, -0.1) is 0 Å². The first-order chi connectivity index (χ1) is 8.02. The number of halogens is 1. The number of carbonyl (C=O) groups excluding carboxylic acids is 1. The standard InChI is InChI=1S/C13H18BrNO2/c1-4-10-7-11(14)5-6-12(10)15-13(16)8-17-9(2)3/h5-7,9H,4,8H2,1-3H3,(H,15,16). The number of hydrogen-bond donors (Lipinski definition) is 1. The minimum atomic E-state index is -0.115. The number of benzene rings is 1. The lowest BCUT2D eigenvalue weighted by Gasteiger charge is -2.11. The zero-order valence-corrected chi connectivity index (χ0v) is 12.0. The molecule has 4 heteroatoms. The SMILES string of the molecule is CCc1cc(Br)ccc1NC(=O)COC(C)C. The summed E-state index contributed by atoms with van der Waals surface area (Å²) >= 11 is 3.42. The largest absolute Gasteiger partial charge is 0.369 e. The Hall–Kier alpha value is -0.870. The van der Waals surface area contributed by atoms with Crippen molar-refractivity contribution in [3.8, 4) is 0 Å². The quantitative estimate of drug-likeness (QED) is 0.905. The first-order valence-corrected chi connectivity index (χ1v) is 6.52. The summed E-state index contributed by atoms with van der Waals surface area (Å²) in [6, 6.07) is 5.83. The van der Waals surface area contributed by atoms with Gasteiger partial charge in [-0.2, -0.15) is 0 Å². The van der Waals surface area contributed by atoms with Crippen LogP contribution in [0.4, 0.5) is 5.69 Å². The van der Waals surface area contributed by atoms with Gasteiger partial charge in [-0.1, -0.05) is 22.9 Å². The molecule has 17 heavy (non-hydrogen) atoms. The van der Waals surface area contributed by atoms with Crippen LogP contribution in [0.25, 0.3) is 0 Å². The number of carbonyl (C=O) groups is 1. The van der Waals surface area contributed by atoms with Gasteiger partial charge in [-0.3, -0.25) is 4.79 Å². The van der Waals surface area contributed by atoms with Crippen LogP contribution in [0, 0.1) is 0 Å². The third kappa shape index (κ3) is 4.88. The zero-order chi connectivity index (χ0) is 12.8. The van der Waals surface area contributed by atoms with Gasteiger partial charge in [-0.25, -0.2) is 0 Å². The van der Waals surface area contributed by atoms with Gasteiger partial charge in [-0.05, 0) is 44.0 Å². The molecule has 0 radical (unpaired) electrons. The van der Waals surface area contributed by atoms with Crippen LogP contribution in [0.5, 0.6) is 0 Å². The summed E-state index contributed by atoms with van der Waals surface area (Å²) in [7, 11) is 0. The monoisotopic (exact) mass is 299 g/mol. The third-order valence-electron chi connectivity index (χ3n) is 2.27. The van der Waals surface area contributed by atoms with Gasteiger partial charge < -0.3 is 10.1 Å². The number of nitrogens with one attached hydrogen (secondary N) is 1. The third-order valence-corrected chi connectivity index (χ3v) is 2.76. The van der Waals surface area contributed by atoms with Gasteiger partial charge in [0.25, 0.3) is 0 Å². The highest BCUT2D eigenvalue weighted by Gasteiger charge is 2.07. The maximum absolute atomic E-state index is 11.6. The first kappa shape index (κ1) is 14.2. The fourth-order valence-corrected chi connectivity index (χ4v) is 1.81. The zero-order valence-electron chi connectivity index (χ0n) is 10.4. The van der Waals surface area contributed by atoms with Crippen molar-refractivity contribution in [2.24, 2.45) is 0 Å². The Labute approximate surface area is 111 Å². The van der Waals surface area contributed by atoms with E-state index in [1.807, 2.05) is 32.0 Å². The highest BCUT2D eigenvalue weighted by Crippen LogP contribution is 2.21. The summed E-state index contributed by atoms with van der Waals surface area (Å²) in [5, 5.41) is 2.86. The Kier molecular flexibility index (Phi) is 5.65. The van der Waals surface area contributed by atoms with Crippen molar-refractivity contribution in [2.45, 2.75) is 33.3 Å². The van der Waals surface area contributed by atoms with Crippen LogP contribution in [0.1, 0.15) is 26.3 Å². The predicted molar refractivity (Wildman–Crippen MR) is 73.2 cm³/mol. The van der Waals surface area contributed by atoms with Gasteiger partial charge in [0.05, 0.1) is 6.10 Å². The molecule has 0 saturated heterocycles. The summed E-state index contributed by atoms with van der Waals surface area (Å²) in [5.74, 6) is -0.115. The topological polar surface area (TPSA) is 38.3 Å². The minimum absolute atomic E-state index is 0.0660. The predicted octanol–water partition coefficient (Wildman–Crippen LogP) is 3.38. The van der Waals surface area contributed by atoms with E-state index in [1.165, 1.54) is 0 Å². The Morgan fingerprint density at radius 1 is 1.47 bits per heavy atom.